The van der Waals surface area contributed by atoms with Crippen molar-refractivity contribution >= 4 is 6.09 Å². The molecule has 0 fully saturated rings. The van der Waals surface area contributed by atoms with Crippen molar-refractivity contribution in [2.45, 2.75) is 19.9 Å². The van der Waals surface area contributed by atoms with Gasteiger partial charge in [-0.25, -0.2) is 4.79 Å². The number of nitrogens with two attached hydrogens (primary N) is 1. The minimum atomic E-state index is -0.457. The van der Waals surface area contributed by atoms with Crippen LogP contribution in [0.25, 0.3) is 0 Å². The number of hydrogen-bond acceptors (Lipinski definition) is 4. The molecule has 0 aromatic heterocycles. The zero-order valence-electron chi connectivity index (χ0n) is 11.0. The lowest BCUT2D eigenvalue weighted by Crippen LogP contribution is -2.33. The van der Waals surface area contributed by atoms with Crippen molar-refractivity contribution < 1.29 is 14.3 Å². The normalized spacial score (nSPS) is 11.8. The Kier molecular flexibility index (Phi) is 5.45. The summed E-state index contributed by atoms with van der Waals surface area (Å²) >= 11 is 0. The van der Waals surface area contributed by atoms with Gasteiger partial charge in [0, 0.05) is 6.54 Å². The molecule has 0 heterocycles. The van der Waals surface area contributed by atoms with Crippen LogP contribution in [0.3, 0.4) is 0 Å². The van der Waals surface area contributed by atoms with Gasteiger partial charge in [-0.2, -0.15) is 0 Å². The lowest BCUT2D eigenvalue weighted by Gasteiger charge is -2.18. The minimum absolute atomic E-state index is 0.256. The number of aryl methyl sites for hydroxylation is 1. The number of alkyl carbamates (subject to hydrolysis) is 1. The van der Waals surface area contributed by atoms with Crippen molar-refractivity contribution in [1.82, 2.24) is 5.32 Å². The zero-order chi connectivity index (χ0) is 13.5. The first kappa shape index (κ1) is 14.3. The van der Waals surface area contributed by atoms with E-state index in [1.54, 1.807) is 14.0 Å². The van der Waals surface area contributed by atoms with Crippen LogP contribution in [-0.2, 0) is 4.74 Å². The third kappa shape index (κ3) is 3.63. The summed E-state index contributed by atoms with van der Waals surface area (Å²) in [5.74, 6) is 0.811. The first-order chi connectivity index (χ1) is 8.62. The Morgan fingerprint density at radius 2 is 2.22 bits per heavy atom. The summed E-state index contributed by atoms with van der Waals surface area (Å²) in [7, 11) is 1.62. The molecule has 0 saturated heterocycles. The first-order valence-electron chi connectivity index (χ1n) is 5.90. The second kappa shape index (κ2) is 6.86. The molecule has 0 radical (unpaired) electrons. The number of amides is 1. The molecule has 18 heavy (non-hydrogen) atoms. The van der Waals surface area contributed by atoms with Gasteiger partial charge in [-0.3, -0.25) is 0 Å². The van der Waals surface area contributed by atoms with Gasteiger partial charge in [0.2, 0.25) is 0 Å². The second-order valence-corrected chi connectivity index (χ2v) is 3.88. The quantitative estimate of drug-likeness (QED) is 0.837. The van der Waals surface area contributed by atoms with Crippen molar-refractivity contribution in [3.05, 3.63) is 29.3 Å². The van der Waals surface area contributed by atoms with Crippen molar-refractivity contribution in [2.24, 2.45) is 5.73 Å². The van der Waals surface area contributed by atoms with Crippen LogP contribution in [0.4, 0.5) is 4.79 Å². The number of nitrogens with one attached hydrogen (secondary N) is 1. The fourth-order valence-electron chi connectivity index (χ4n) is 1.71. The molecule has 0 aliphatic rings. The van der Waals surface area contributed by atoms with E-state index in [0.717, 1.165) is 16.9 Å². The van der Waals surface area contributed by atoms with E-state index < -0.39 is 6.09 Å². The van der Waals surface area contributed by atoms with Gasteiger partial charge in [0.25, 0.3) is 0 Å². The average Bonchev–Trinajstić information content (AvgIpc) is 2.36. The molecule has 1 aromatic rings. The minimum Gasteiger partial charge on any atom is -0.496 e. The molecule has 0 bridgehead atoms. The van der Waals surface area contributed by atoms with E-state index in [4.69, 9.17) is 15.2 Å². The Bertz CT molecular complexity index is 407. The molecule has 1 rings (SSSR count). The van der Waals surface area contributed by atoms with Crippen LogP contribution in [0.1, 0.15) is 24.1 Å². The Morgan fingerprint density at radius 3 is 2.72 bits per heavy atom. The Morgan fingerprint density at radius 1 is 1.50 bits per heavy atom. The molecule has 5 nitrogen and oxygen atoms in total. The summed E-state index contributed by atoms with van der Waals surface area (Å²) in [6.45, 7) is 4.35. The van der Waals surface area contributed by atoms with E-state index in [1.807, 2.05) is 25.1 Å². The summed E-state index contributed by atoms with van der Waals surface area (Å²) < 4.78 is 10.0. The Labute approximate surface area is 107 Å². The average molecular weight is 252 g/mol. The number of methoxy groups -OCH3 is 1. The van der Waals surface area contributed by atoms with E-state index in [1.165, 1.54) is 0 Å². The molecule has 100 valence electrons. The summed E-state index contributed by atoms with van der Waals surface area (Å²) in [6, 6.07) is 5.44. The number of ether oxygens (including phenoxy) is 2. The highest BCUT2D eigenvalue weighted by Crippen LogP contribution is 2.22. The van der Waals surface area contributed by atoms with Gasteiger partial charge < -0.3 is 20.5 Å². The summed E-state index contributed by atoms with van der Waals surface area (Å²) in [6.07, 6.45) is -0.457. The smallest absolute Gasteiger partial charge is 0.407 e. The number of rotatable bonds is 5. The maximum absolute atomic E-state index is 11.4. The van der Waals surface area contributed by atoms with E-state index in [2.05, 4.69) is 5.32 Å². The molecule has 0 aliphatic carbocycles. The molecule has 0 spiro atoms. The first-order valence-corrected chi connectivity index (χ1v) is 5.90. The SMILES string of the molecule is CCOC(=O)NC(CN)c1ccc(OC)c(C)c1. The molecule has 1 aromatic carbocycles. The van der Waals surface area contributed by atoms with Gasteiger partial charge in [0.15, 0.2) is 0 Å². The van der Waals surface area contributed by atoms with Gasteiger partial charge in [-0.15, -0.1) is 0 Å². The maximum Gasteiger partial charge on any atom is 0.407 e. The lowest BCUT2D eigenvalue weighted by atomic mass is 10.0. The Balaban J connectivity index is 2.82. The van der Waals surface area contributed by atoms with Gasteiger partial charge >= 0.3 is 6.09 Å². The van der Waals surface area contributed by atoms with E-state index >= 15 is 0 Å². The number of benzene rings is 1. The monoisotopic (exact) mass is 252 g/mol. The Hall–Kier alpha value is -1.75. The number of hydrogen-bond donors (Lipinski definition) is 2. The summed E-state index contributed by atoms with van der Waals surface area (Å²) in [4.78, 5) is 11.4. The fourth-order valence-corrected chi connectivity index (χ4v) is 1.71. The van der Waals surface area contributed by atoms with E-state index in [9.17, 15) is 4.79 Å². The molecule has 1 amide bonds. The second-order valence-electron chi connectivity index (χ2n) is 3.88. The highest BCUT2D eigenvalue weighted by Gasteiger charge is 2.14. The van der Waals surface area contributed by atoms with Crippen molar-refractivity contribution in [3.63, 3.8) is 0 Å². The summed E-state index contributed by atoms with van der Waals surface area (Å²) in [5.41, 5.74) is 7.60. The highest BCUT2D eigenvalue weighted by molar-refractivity contribution is 5.68. The molecular formula is C13H20N2O3. The van der Waals surface area contributed by atoms with Crippen molar-refractivity contribution in [1.29, 1.82) is 0 Å². The predicted octanol–water partition coefficient (Wildman–Crippen LogP) is 1.75. The van der Waals surface area contributed by atoms with Crippen LogP contribution in [0, 0.1) is 6.92 Å². The zero-order valence-corrected chi connectivity index (χ0v) is 11.0. The third-order valence-corrected chi connectivity index (χ3v) is 2.62. The molecule has 0 saturated carbocycles. The van der Waals surface area contributed by atoms with Crippen LogP contribution < -0.4 is 15.8 Å². The van der Waals surface area contributed by atoms with Crippen LogP contribution in [-0.4, -0.2) is 26.4 Å². The predicted molar refractivity (Wildman–Crippen MR) is 69.7 cm³/mol. The maximum atomic E-state index is 11.4. The summed E-state index contributed by atoms with van der Waals surface area (Å²) in [5, 5.41) is 2.72. The van der Waals surface area contributed by atoms with Gasteiger partial charge in [0.05, 0.1) is 19.8 Å². The number of carbonyl (C=O) groups is 1. The molecule has 3 N–H and O–H groups in total. The van der Waals surface area contributed by atoms with Gasteiger partial charge in [-0.05, 0) is 31.0 Å². The standard InChI is InChI=1S/C13H20N2O3/c1-4-18-13(16)15-11(8-14)10-5-6-12(17-3)9(2)7-10/h5-7,11H,4,8,14H2,1-3H3,(H,15,16). The van der Waals surface area contributed by atoms with Crippen molar-refractivity contribution in [3.8, 4) is 5.75 Å². The van der Waals surface area contributed by atoms with Gasteiger partial charge in [-0.1, -0.05) is 12.1 Å². The molecule has 0 aliphatic heterocycles. The largest absolute Gasteiger partial charge is 0.496 e. The lowest BCUT2D eigenvalue weighted by molar-refractivity contribution is 0.148. The highest BCUT2D eigenvalue weighted by atomic mass is 16.5. The van der Waals surface area contributed by atoms with Gasteiger partial charge in [0.1, 0.15) is 5.75 Å². The van der Waals surface area contributed by atoms with Crippen LogP contribution in [0.15, 0.2) is 18.2 Å². The van der Waals surface area contributed by atoms with Crippen molar-refractivity contribution in [2.75, 3.05) is 20.3 Å². The van der Waals surface area contributed by atoms with E-state index in [-0.39, 0.29) is 6.04 Å². The molecular weight excluding hydrogens is 232 g/mol. The molecule has 1 unspecified atom stereocenters. The topological polar surface area (TPSA) is 73.6 Å². The molecule has 5 heteroatoms. The number of carbonyl (C=O) groups excluding carboxylic acids is 1. The third-order valence-electron chi connectivity index (χ3n) is 2.62. The van der Waals surface area contributed by atoms with Crippen LogP contribution in [0.2, 0.25) is 0 Å². The van der Waals surface area contributed by atoms with Crippen LogP contribution in [0.5, 0.6) is 5.75 Å². The van der Waals surface area contributed by atoms with Crippen LogP contribution >= 0.6 is 0 Å². The molecule has 1 atom stereocenters. The van der Waals surface area contributed by atoms with E-state index in [0.29, 0.717) is 13.2 Å². The fraction of sp³-hybridized carbons (Fsp3) is 0.462.